The lowest BCUT2D eigenvalue weighted by Crippen LogP contribution is -2.46. The van der Waals surface area contributed by atoms with Gasteiger partial charge in [0, 0.05) is 11.7 Å². The lowest BCUT2D eigenvalue weighted by Gasteiger charge is -2.17. The summed E-state index contributed by atoms with van der Waals surface area (Å²) in [6, 6.07) is 1.48. The number of halogens is 2. The highest BCUT2D eigenvalue weighted by molar-refractivity contribution is 7.89. The van der Waals surface area contributed by atoms with Crippen molar-refractivity contribution in [2.75, 3.05) is 5.73 Å². The van der Waals surface area contributed by atoms with Crippen LogP contribution in [0.1, 0.15) is 20.8 Å². The summed E-state index contributed by atoms with van der Waals surface area (Å²) in [5.41, 5.74) is 5.77. The molecule has 4 N–H and O–H groups in total. The molecular formula is C12H17Cl2N3O3S. The Morgan fingerprint density at radius 1 is 1.19 bits per heavy atom. The summed E-state index contributed by atoms with van der Waals surface area (Å²) in [6.45, 7) is 4.97. The van der Waals surface area contributed by atoms with Gasteiger partial charge in [-0.3, -0.25) is 4.79 Å². The molecule has 0 radical (unpaired) electrons. The van der Waals surface area contributed by atoms with E-state index in [9.17, 15) is 13.2 Å². The average Bonchev–Trinajstić information content (AvgIpc) is 2.24. The first-order valence-corrected chi connectivity index (χ1v) is 8.35. The van der Waals surface area contributed by atoms with Crippen LogP contribution in [0.2, 0.25) is 10.0 Å². The zero-order valence-electron chi connectivity index (χ0n) is 11.8. The van der Waals surface area contributed by atoms with Gasteiger partial charge in [-0.25, -0.2) is 8.42 Å². The van der Waals surface area contributed by atoms with Gasteiger partial charge in [0.25, 0.3) is 0 Å². The molecule has 0 aliphatic heterocycles. The first-order valence-electron chi connectivity index (χ1n) is 6.12. The van der Waals surface area contributed by atoms with Crippen LogP contribution in [0.15, 0.2) is 17.0 Å². The number of sulfonamides is 1. The van der Waals surface area contributed by atoms with E-state index >= 15 is 0 Å². The maximum Gasteiger partial charge on any atom is 0.244 e. The van der Waals surface area contributed by atoms with E-state index in [2.05, 4.69) is 10.0 Å². The summed E-state index contributed by atoms with van der Waals surface area (Å²) < 4.78 is 26.8. The van der Waals surface area contributed by atoms with E-state index in [-0.39, 0.29) is 26.7 Å². The highest BCUT2D eigenvalue weighted by Gasteiger charge is 2.26. The van der Waals surface area contributed by atoms with E-state index in [1.807, 2.05) is 0 Å². The van der Waals surface area contributed by atoms with Crippen LogP contribution >= 0.6 is 23.2 Å². The highest BCUT2D eigenvalue weighted by Crippen LogP contribution is 2.31. The maximum atomic E-state index is 12.3. The zero-order valence-corrected chi connectivity index (χ0v) is 14.1. The van der Waals surface area contributed by atoms with E-state index in [1.54, 1.807) is 13.8 Å². The third-order valence-corrected chi connectivity index (χ3v) is 4.91. The molecule has 1 aromatic rings. The van der Waals surface area contributed by atoms with E-state index in [0.29, 0.717) is 0 Å². The summed E-state index contributed by atoms with van der Waals surface area (Å²) in [6.07, 6.45) is 0. The minimum Gasteiger partial charge on any atom is -0.399 e. The topological polar surface area (TPSA) is 101 Å². The first kappa shape index (κ1) is 18.0. The molecule has 0 aliphatic rings. The minimum atomic E-state index is -4.05. The molecule has 1 unspecified atom stereocenters. The minimum absolute atomic E-state index is 0.104. The fraction of sp³-hybridized carbons (Fsp3) is 0.417. The molecule has 6 nitrogen and oxygen atoms in total. The number of hydrogen-bond acceptors (Lipinski definition) is 4. The lowest BCUT2D eigenvalue weighted by atomic mass is 10.3. The van der Waals surface area contributed by atoms with Crippen molar-refractivity contribution in [3.8, 4) is 0 Å². The molecule has 0 spiro atoms. The van der Waals surface area contributed by atoms with Gasteiger partial charge in [-0.15, -0.1) is 0 Å². The molecule has 0 saturated heterocycles. The Bertz CT molecular complexity index is 624. The molecule has 1 amide bonds. The second kappa shape index (κ2) is 6.83. The Labute approximate surface area is 134 Å². The second-order valence-corrected chi connectivity index (χ2v) is 7.29. The van der Waals surface area contributed by atoms with Crippen LogP contribution in [-0.4, -0.2) is 26.4 Å². The number of nitrogens with one attached hydrogen (secondary N) is 2. The van der Waals surface area contributed by atoms with Gasteiger partial charge in [0.2, 0.25) is 15.9 Å². The normalized spacial score (nSPS) is 13.2. The number of benzene rings is 1. The monoisotopic (exact) mass is 353 g/mol. The van der Waals surface area contributed by atoms with Crippen LogP contribution < -0.4 is 15.8 Å². The van der Waals surface area contributed by atoms with E-state index in [4.69, 9.17) is 28.9 Å². The number of carbonyl (C=O) groups excluding carboxylic acids is 1. The Morgan fingerprint density at radius 3 is 2.10 bits per heavy atom. The molecule has 0 heterocycles. The molecule has 9 heteroatoms. The first-order chi connectivity index (χ1) is 9.54. The third-order valence-electron chi connectivity index (χ3n) is 2.45. The van der Waals surface area contributed by atoms with E-state index in [1.165, 1.54) is 19.1 Å². The smallest absolute Gasteiger partial charge is 0.244 e. The van der Waals surface area contributed by atoms with Crippen LogP contribution in [-0.2, 0) is 14.8 Å². The van der Waals surface area contributed by atoms with Crippen LogP contribution in [0.3, 0.4) is 0 Å². The van der Waals surface area contributed by atoms with Crippen LogP contribution in [0.5, 0.6) is 0 Å². The van der Waals surface area contributed by atoms with Gasteiger partial charge in [-0.05, 0) is 32.9 Å². The number of hydrogen-bond donors (Lipinski definition) is 3. The number of nitrogen functional groups attached to an aromatic ring is 1. The van der Waals surface area contributed by atoms with E-state index in [0.717, 1.165) is 0 Å². The Hall–Kier alpha value is -1.02. The molecular weight excluding hydrogens is 337 g/mol. The molecule has 0 saturated carbocycles. The third kappa shape index (κ3) is 4.74. The summed E-state index contributed by atoms with van der Waals surface area (Å²) in [5.74, 6) is -0.448. The van der Waals surface area contributed by atoms with Gasteiger partial charge in [-0.2, -0.15) is 4.72 Å². The Kier molecular flexibility index (Phi) is 5.86. The Balaban J connectivity index is 3.05. The standard InChI is InChI=1S/C12H17Cl2N3O3S/c1-6(2)16-12(18)7(3)17-21(19,20)11-9(13)4-8(15)5-10(11)14/h4-7,17H,15H2,1-3H3,(H,16,18). The fourth-order valence-corrected chi connectivity index (χ4v) is 4.03. The van der Waals surface area contributed by atoms with Gasteiger partial charge in [0.05, 0.1) is 16.1 Å². The number of anilines is 1. The number of rotatable bonds is 5. The highest BCUT2D eigenvalue weighted by atomic mass is 35.5. The van der Waals surface area contributed by atoms with Crippen LogP contribution in [0.4, 0.5) is 5.69 Å². The SMILES string of the molecule is CC(C)NC(=O)C(C)NS(=O)(=O)c1c(Cl)cc(N)cc1Cl. The van der Waals surface area contributed by atoms with Gasteiger partial charge in [0.1, 0.15) is 4.90 Å². The molecule has 0 aliphatic carbocycles. The van der Waals surface area contributed by atoms with Crippen molar-refractivity contribution in [1.29, 1.82) is 0 Å². The van der Waals surface area contributed by atoms with Gasteiger partial charge < -0.3 is 11.1 Å². The van der Waals surface area contributed by atoms with Crippen molar-refractivity contribution in [2.45, 2.75) is 37.8 Å². The number of amides is 1. The summed E-state index contributed by atoms with van der Waals surface area (Å²) in [4.78, 5) is 11.5. The summed E-state index contributed by atoms with van der Waals surface area (Å²) in [5, 5.41) is 2.39. The Morgan fingerprint density at radius 2 is 1.67 bits per heavy atom. The molecule has 1 rings (SSSR count). The van der Waals surface area contributed by atoms with Crippen molar-refractivity contribution in [2.24, 2.45) is 0 Å². The predicted molar refractivity (Wildman–Crippen MR) is 83.9 cm³/mol. The van der Waals surface area contributed by atoms with Gasteiger partial charge in [0.15, 0.2) is 0 Å². The average molecular weight is 354 g/mol. The van der Waals surface area contributed by atoms with Crippen molar-refractivity contribution >= 4 is 44.8 Å². The predicted octanol–water partition coefficient (Wildman–Crippen LogP) is 1.77. The lowest BCUT2D eigenvalue weighted by molar-refractivity contribution is -0.122. The summed E-state index contributed by atoms with van der Waals surface area (Å²) >= 11 is 11.8. The fourth-order valence-electron chi connectivity index (χ4n) is 1.59. The van der Waals surface area contributed by atoms with Crippen molar-refractivity contribution in [3.63, 3.8) is 0 Å². The number of nitrogens with two attached hydrogens (primary N) is 1. The molecule has 1 aromatic carbocycles. The van der Waals surface area contributed by atoms with Gasteiger partial charge in [-0.1, -0.05) is 23.2 Å². The van der Waals surface area contributed by atoms with Crippen molar-refractivity contribution in [1.82, 2.24) is 10.0 Å². The maximum absolute atomic E-state index is 12.3. The molecule has 0 bridgehead atoms. The van der Waals surface area contributed by atoms with Gasteiger partial charge >= 0.3 is 0 Å². The second-order valence-electron chi connectivity index (χ2n) is 4.82. The van der Waals surface area contributed by atoms with Crippen molar-refractivity contribution in [3.05, 3.63) is 22.2 Å². The zero-order chi connectivity index (χ0) is 16.4. The molecule has 1 atom stereocenters. The van der Waals surface area contributed by atoms with Crippen LogP contribution in [0, 0.1) is 0 Å². The number of carbonyl (C=O) groups is 1. The largest absolute Gasteiger partial charge is 0.399 e. The van der Waals surface area contributed by atoms with E-state index < -0.39 is 22.0 Å². The molecule has 118 valence electrons. The molecule has 21 heavy (non-hydrogen) atoms. The van der Waals surface area contributed by atoms with Crippen LogP contribution in [0.25, 0.3) is 0 Å². The summed E-state index contributed by atoms with van der Waals surface area (Å²) in [7, 11) is -4.05. The molecule has 0 aromatic heterocycles. The quantitative estimate of drug-likeness (QED) is 0.702. The molecule has 0 fully saturated rings. The van der Waals surface area contributed by atoms with Crippen molar-refractivity contribution < 1.29 is 13.2 Å².